The number of hydrogen-bond acceptors (Lipinski definition) is 4. The minimum absolute atomic E-state index is 0.0146. The van der Waals surface area contributed by atoms with Gasteiger partial charge in [-0.1, -0.05) is 15.9 Å². The average Bonchev–Trinajstić information content (AvgIpc) is 2.87. The number of aromatic nitrogens is 1. The predicted molar refractivity (Wildman–Crippen MR) is 77.0 cm³/mol. The Bertz CT molecular complexity index is 493. The second-order valence-corrected chi connectivity index (χ2v) is 6.24. The van der Waals surface area contributed by atoms with E-state index in [4.69, 9.17) is 0 Å². The Kier molecular flexibility index (Phi) is 3.56. The number of rotatable bonds is 3. The number of halogens is 1. The lowest BCUT2D eigenvalue weighted by molar-refractivity contribution is -0.117. The van der Waals surface area contributed by atoms with Crippen molar-refractivity contribution in [2.45, 2.75) is 18.5 Å². The van der Waals surface area contributed by atoms with Gasteiger partial charge in [-0.25, -0.2) is 4.98 Å². The summed E-state index contributed by atoms with van der Waals surface area (Å²) in [7, 11) is 2.16. The number of nitrogens with zero attached hydrogens (tertiary/aromatic N) is 3. The highest BCUT2D eigenvalue weighted by Crippen LogP contribution is 2.28. The summed E-state index contributed by atoms with van der Waals surface area (Å²) < 4.78 is 0.916. The van der Waals surface area contributed by atoms with Crippen molar-refractivity contribution in [2.24, 2.45) is 0 Å². The topological polar surface area (TPSA) is 48.5 Å². The van der Waals surface area contributed by atoms with E-state index in [1.54, 1.807) is 6.20 Å². The first-order valence-electron chi connectivity index (χ1n) is 6.47. The summed E-state index contributed by atoms with van der Waals surface area (Å²) in [6.45, 7) is 2.54. The molecule has 102 valence electrons. The molecule has 6 heteroatoms. The van der Waals surface area contributed by atoms with Crippen LogP contribution in [-0.4, -0.2) is 59.5 Å². The van der Waals surface area contributed by atoms with Crippen LogP contribution in [0.25, 0.3) is 0 Å². The molecule has 0 aromatic carbocycles. The number of nitrogens with one attached hydrogen (secondary N) is 1. The maximum Gasteiger partial charge on any atom is 0.239 e. The highest BCUT2D eigenvalue weighted by atomic mass is 79.9. The first-order chi connectivity index (χ1) is 9.11. The number of anilines is 1. The second-order valence-electron chi connectivity index (χ2n) is 5.32. The van der Waals surface area contributed by atoms with E-state index in [-0.39, 0.29) is 5.91 Å². The van der Waals surface area contributed by atoms with Crippen molar-refractivity contribution in [3.63, 3.8) is 0 Å². The van der Waals surface area contributed by atoms with E-state index in [1.807, 2.05) is 12.1 Å². The summed E-state index contributed by atoms with van der Waals surface area (Å²) in [4.78, 5) is 20.8. The van der Waals surface area contributed by atoms with E-state index in [1.165, 1.54) is 6.42 Å². The Balaban J connectivity index is 1.55. The third kappa shape index (κ3) is 2.80. The number of carbonyl (C=O) groups excluding carboxylic acids is 1. The van der Waals surface area contributed by atoms with Crippen LogP contribution in [0.4, 0.5) is 5.82 Å². The molecule has 2 bridgehead atoms. The SMILES string of the molecule is CN1CC2CC1CN2CC(=O)Nc1cc(Br)ccn1. The van der Waals surface area contributed by atoms with Gasteiger partial charge >= 0.3 is 0 Å². The Morgan fingerprint density at radius 1 is 1.53 bits per heavy atom. The molecule has 2 aliphatic rings. The lowest BCUT2D eigenvalue weighted by atomic mass is 10.2. The van der Waals surface area contributed by atoms with Crippen molar-refractivity contribution >= 4 is 27.7 Å². The van der Waals surface area contributed by atoms with Gasteiger partial charge in [0, 0.05) is 35.8 Å². The van der Waals surface area contributed by atoms with Gasteiger partial charge in [-0.3, -0.25) is 9.69 Å². The molecule has 0 radical (unpaired) electrons. The minimum atomic E-state index is 0.0146. The number of amides is 1. The number of piperazine rings is 1. The fourth-order valence-corrected chi connectivity index (χ4v) is 3.32. The van der Waals surface area contributed by atoms with Crippen LogP contribution in [0, 0.1) is 0 Å². The quantitative estimate of drug-likeness (QED) is 0.906. The number of likely N-dealkylation sites (tertiary alicyclic amines) is 2. The maximum atomic E-state index is 12.0. The molecular weight excluding hydrogens is 308 g/mol. The van der Waals surface area contributed by atoms with Crippen LogP contribution in [0.3, 0.4) is 0 Å². The zero-order valence-corrected chi connectivity index (χ0v) is 12.4. The highest BCUT2D eigenvalue weighted by Gasteiger charge is 2.41. The molecule has 1 N–H and O–H groups in total. The number of hydrogen-bond donors (Lipinski definition) is 1. The molecule has 1 amide bonds. The van der Waals surface area contributed by atoms with Crippen LogP contribution < -0.4 is 5.32 Å². The molecule has 2 atom stereocenters. The number of carbonyl (C=O) groups is 1. The van der Waals surface area contributed by atoms with Crippen LogP contribution in [0.15, 0.2) is 22.8 Å². The third-order valence-electron chi connectivity index (χ3n) is 3.96. The summed E-state index contributed by atoms with van der Waals surface area (Å²) >= 11 is 3.37. The summed E-state index contributed by atoms with van der Waals surface area (Å²) in [6.07, 6.45) is 2.87. The van der Waals surface area contributed by atoms with Crippen molar-refractivity contribution in [2.75, 3.05) is 32.0 Å². The number of fused-ring (bicyclic) bond motifs is 2. The summed E-state index contributed by atoms with van der Waals surface area (Å²) in [5.41, 5.74) is 0. The van der Waals surface area contributed by atoms with Crippen molar-refractivity contribution in [3.8, 4) is 0 Å². The number of likely N-dealkylation sites (N-methyl/N-ethyl adjacent to an activating group) is 1. The van der Waals surface area contributed by atoms with Gasteiger partial charge in [0.2, 0.25) is 5.91 Å². The molecule has 0 saturated carbocycles. The summed E-state index contributed by atoms with van der Waals surface area (Å²) in [6, 6.07) is 4.81. The Morgan fingerprint density at radius 2 is 2.37 bits per heavy atom. The van der Waals surface area contributed by atoms with E-state index in [9.17, 15) is 4.79 Å². The van der Waals surface area contributed by atoms with Crippen molar-refractivity contribution < 1.29 is 4.79 Å². The lowest BCUT2D eigenvalue weighted by Gasteiger charge is -2.31. The fraction of sp³-hybridized carbons (Fsp3) is 0.538. The van der Waals surface area contributed by atoms with Gasteiger partial charge in [0.05, 0.1) is 6.54 Å². The van der Waals surface area contributed by atoms with Crippen LogP contribution in [-0.2, 0) is 4.79 Å². The smallest absolute Gasteiger partial charge is 0.239 e. The fourth-order valence-electron chi connectivity index (χ4n) is 2.98. The van der Waals surface area contributed by atoms with Gasteiger partial charge in [-0.15, -0.1) is 0 Å². The van der Waals surface area contributed by atoms with Gasteiger partial charge in [0.1, 0.15) is 5.82 Å². The molecular formula is C13H17BrN4O. The predicted octanol–water partition coefficient (Wildman–Crippen LogP) is 1.17. The lowest BCUT2D eigenvalue weighted by Crippen LogP contribution is -2.47. The zero-order valence-electron chi connectivity index (χ0n) is 10.8. The molecule has 1 aromatic rings. The molecule has 3 heterocycles. The molecule has 1 aromatic heterocycles. The monoisotopic (exact) mass is 324 g/mol. The van der Waals surface area contributed by atoms with E-state index in [0.717, 1.165) is 17.6 Å². The van der Waals surface area contributed by atoms with Gasteiger partial charge in [0.25, 0.3) is 0 Å². The number of pyridine rings is 1. The summed E-state index contributed by atoms with van der Waals surface area (Å²) in [5.74, 6) is 0.613. The largest absolute Gasteiger partial charge is 0.310 e. The maximum absolute atomic E-state index is 12.0. The second kappa shape index (κ2) is 5.19. The van der Waals surface area contributed by atoms with Gasteiger partial charge < -0.3 is 10.2 Å². The first kappa shape index (κ1) is 13.0. The third-order valence-corrected chi connectivity index (χ3v) is 4.46. The van der Waals surface area contributed by atoms with Gasteiger partial charge in [-0.2, -0.15) is 0 Å². The van der Waals surface area contributed by atoms with Crippen molar-refractivity contribution in [3.05, 3.63) is 22.8 Å². The van der Waals surface area contributed by atoms with Crippen LogP contribution in [0.5, 0.6) is 0 Å². The minimum Gasteiger partial charge on any atom is -0.310 e. The molecule has 5 nitrogen and oxygen atoms in total. The van der Waals surface area contributed by atoms with Gasteiger partial charge in [-0.05, 0) is 25.6 Å². The molecule has 19 heavy (non-hydrogen) atoms. The molecule has 0 aliphatic carbocycles. The molecule has 3 rings (SSSR count). The molecule has 2 fully saturated rings. The molecule has 2 aliphatic heterocycles. The Morgan fingerprint density at radius 3 is 3.00 bits per heavy atom. The van der Waals surface area contributed by atoms with Crippen LogP contribution >= 0.6 is 15.9 Å². The van der Waals surface area contributed by atoms with E-state index in [2.05, 4.69) is 43.1 Å². The van der Waals surface area contributed by atoms with Crippen molar-refractivity contribution in [1.82, 2.24) is 14.8 Å². The van der Waals surface area contributed by atoms with Crippen LogP contribution in [0.2, 0.25) is 0 Å². The van der Waals surface area contributed by atoms with E-state index in [0.29, 0.717) is 24.4 Å². The Labute approximate surface area is 121 Å². The normalized spacial score (nSPS) is 26.8. The summed E-state index contributed by atoms with van der Waals surface area (Å²) in [5, 5.41) is 2.85. The average molecular weight is 325 g/mol. The zero-order chi connectivity index (χ0) is 13.4. The van der Waals surface area contributed by atoms with E-state index >= 15 is 0 Å². The Hall–Kier alpha value is -0.980. The first-order valence-corrected chi connectivity index (χ1v) is 7.27. The molecule has 2 saturated heterocycles. The van der Waals surface area contributed by atoms with Gasteiger partial charge in [0.15, 0.2) is 0 Å². The molecule has 2 unspecified atom stereocenters. The molecule has 0 spiro atoms. The van der Waals surface area contributed by atoms with Crippen LogP contribution in [0.1, 0.15) is 6.42 Å². The van der Waals surface area contributed by atoms with Crippen molar-refractivity contribution in [1.29, 1.82) is 0 Å². The highest BCUT2D eigenvalue weighted by molar-refractivity contribution is 9.10. The standard InChI is InChI=1S/C13H17BrN4O/c1-17-6-11-5-10(17)7-18(11)8-13(19)16-12-4-9(14)2-3-15-12/h2-4,10-11H,5-8H2,1H3,(H,15,16,19). The van der Waals surface area contributed by atoms with E-state index < -0.39 is 0 Å².